The van der Waals surface area contributed by atoms with E-state index < -0.39 is 0 Å². The van der Waals surface area contributed by atoms with Crippen LogP contribution >= 0.6 is 0 Å². The van der Waals surface area contributed by atoms with Gasteiger partial charge in [0.05, 0.1) is 6.26 Å². The lowest BCUT2D eigenvalue weighted by Gasteiger charge is -2.37. The van der Waals surface area contributed by atoms with Crippen LogP contribution in [-0.2, 0) is 6.54 Å². The Kier molecular flexibility index (Phi) is 5.06. The summed E-state index contributed by atoms with van der Waals surface area (Å²) < 4.78 is 5.38. The molecule has 0 aliphatic heterocycles. The first-order valence-electron chi connectivity index (χ1n) is 7.55. The highest BCUT2D eigenvalue weighted by molar-refractivity contribution is 5.15. The number of rotatable bonds is 5. The van der Waals surface area contributed by atoms with E-state index in [0.717, 1.165) is 30.7 Å². The molecule has 1 aliphatic rings. The van der Waals surface area contributed by atoms with Crippen LogP contribution in [0.2, 0.25) is 0 Å². The van der Waals surface area contributed by atoms with Gasteiger partial charge in [0.1, 0.15) is 5.76 Å². The summed E-state index contributed by atoms with van der Waals surface area (Å²) in [5.41, 5.74) is 7.32. The van der Waals surface area contributed by atoms with Crippen molar-refractivity contribution in [3.05, 3.63) is 23.7 Å². The fourth-order valence-corrected chi connectivity index (χ4v) is 3.36. The average Bonchev–Trinajstić information content (AvgIpc) is 2.78. The van der Waals surface area contributed by atoms with E-state index in [1.807, 2.05) is 6.92 Å². The second-order valence-electron chi connectivity index (χ2n) is 6.24. The zero-order valence-electron chi connectivity index (χ0n) is 12.6. The monoisotopic (exact) mass is 264 g/mol. The SMILES string of the molecule is Cc1occc1CN(C)C(CN)C1CCC(C)CC1. The van der Waals surface area contributed by atoms with Gasteiger partial charge in [0.15, 0.2) is 0 Å². The molecule has 0 saturated heterocycles. The normalized spacial score (nSPS) is 25.7. The maximum Gasteiger partial charge on any atom is 0.105 e. The number of furan rings is 1. The molecule has 1 atom stereocenters. The lowest BCUT2D eigenvalue weighted by atomic mass is 9.79. The van der Waals surface area contributed by atoms with Crippen molar-refractivity contribution in [1.82, 2.24) is 4.90 Å². The molecule has 1 saturated carbocycles. The summed E-state index contributed by atoms with van der Waals surface area (Å²) in [4.78, 5) is 2.42. The van der Waals surface area contributed by atoms with Crippen molar-refractivity contribution >= 4 is 0 Å². The Hall–Kier alpha value is -0.800. The van der Waals surface area contributed by atoms with Crippen LogP contribution in [0.15, 0.2) is 16.7 Å². The Labute approximate surface area is 117 Å². The van der Waals surface area contributed by atoms with Gasteiger partial charge in [0.25, 0.3) is 0 Å². The van der Waals surface area contributed by atoms with Crippen LogP contribution < -0.4 is 5.73 Å². The van der Waals surface area contributed by atoms with Crippen LogP contribution in [-0.4, -0.2) is 24.5 Å². The molecule has 1 aromatic heterocycles. The summed E-state index contributed by atoms with van der Waals surface area (Å²) in [7, 11) is 2.20. The molecule has 2 rings (SSSR count). The molecule has 3 nitrogen and oxygen atoms in total. The minimum absolute atomic E-state index is 0.502. The molecule has 0 spiro atoms. The summed E-state index contributed by atoms with van der Waals surface area (Å²) in [5.74, 6) is 2.69. The topological polar surface area (TPSA) is 42.4 Å². The van der Waals surface area contributed by atoms with E-state index in [0.29, 0.717) is 6.04 Å². The first-order valence-corrected chi connectivity index (χ1v) is 7.55. The Bertz CT molecular complexity index is 380. The summed E-state index contributed by atoms with van der Waals surface area (Å²) in [6, 6.07) is 2.57. The van der Waals surface area contributed by atoms with Crippen LogP contribution in [0.4, 0.5) is 0 Å². The lowest BCUT2D eigenvalue weighted by molar-refractivity contribution is 0.129. The quantitative estimate of drug-likeness (QED) is 0.888. The van der Waals surface area contributed by atoms with Gasteiger partial charge in [0.2, 0.25) is 0 Å². The van der Waals surface area contributed by atoms with Crippen molar-refractivity contribution in [3.63, 3.8) is 0 Å². The first-order chi connectivity index (χ1) is 9.11. The molecule has 1 heterocycles. The molecule has 1 unspecified atom stereocenters. The number of likely N-dealkylation sites (N-methyl/N-ethyl adjacent to an activating group) is 1. The third-order valence-electron chi connectivity index (χ3n) is 4.80. The summed E-state index contributed by atoms with van der Waals surface area (Å²) in [6.07, 6.45) is 7.16. The Morgan fingerprint density at radius 3 is 2.58 bits per heavy atom. The first kappa shape index (κ1) is 14.6. The molecule has 1 fully saturated rings. The molecular weight excluding hydrogens is 236 g/mol. The fraction of sp³-hybridized carbons (Fsp3) is 0.750. The predicted molar refractivity (Wildman–Crippen MR) is 78.9 cm³/mol. The van der Waals surface area contributed by atoms with Crippen molar-refractivity contribution in [2.24, 2.45) is 17.6 Å². The van der Waals surface area contributed by atoms with Crippen molar-refractivity contribution in [3.8, 4) is 0 Å². The Balaban J connectivity index is 1.95. The van der Waals surface area contributed by atoms with Gasteiger partial charge >= 0.3 is 0 Å². The molecule has 1 aliphatic carbocycles. The summed E-state index contributed by atoms with van der Waals surface area (Å²) in [6.45, 7) is 6.10. The Morgan fingerprint density at radius 1 is 1.37 bits per heavy atom. The molecule has 0 aromatic carbocycles. The minimum atomic E-state index is 0.502. The van der Waals surface area contributed by atoms with Crippen molar-refractivity contribution < 1.29 is 4.42 Å². The van der Waals surface area contributed by atoms with Crippen LogP contribution in [0.25, 0.3) is 0 Å². The molecule has 0 radical (unpaired) electrons. The summed E-state index contributed by atoms with van der Waals surface area (Å²) in [5, 5.41) is 0. The van der Waals surface area contributed by atoms with Crippen LogP contribution in [0.1, 0.15) is 43.9 Å². The molecule has 0 bridgehead atoms. The van der Waals surface area contributed by atoms with Gasteiger partial charge in [-0.3, -0.25) is 4.90 Å². The lowest BCUT2D eigenvalue weighted by Crippen LogP contribution is -2.44. The minimum Gasteiger partial charge on any atom is -0.469 e. The third kappa shape index (κ3) is 3.61. The second-order valence-corrected chi connectivity index (χ2v) is 6.24. The van der Waals surface area contributed by atoms with Gasteiger partial charge in [-0.2, -0.15) is 0 Å². The van der Waals surface area contributed by atoms with Gasteiger partial charge in [-0.25, -0.2) is 0 Å². The highest BCUT2D eigenvalue weighted by atomic mass is 16.3. The summed E-state index contributed by atoms with van der Waals surface area (Å²) >= 11 is 0. The van der Waals surface area contributed by atoms with Crippen molar-refractivity contribution in [2.75, 3.05) is 13.6 Å². The number of nitrogens with two attached hydrogens (primary N) is 1. The van der Waals surface area contributed by atoms with Crippen LogP contribution in [0, 0.1) is 18.8 Å². The van der Waals surface area contributed by atoms with E-state index in [4.69, 9.17) is 10.2 Å². The zero-order valence-corrected chi connectivity index (χ0v) is 12.6. The van der Waals surface area contributed by atoms with Crippen molar-refractivity contribution in [1.29, 1.82) is 0 Å². The number of aryl methyl sites for hydroxylation is 1. The number of hydrogen-bond acceptors (Lipinski definition) is 3. The smallest absolute Gasteiger partial charge is 0.105 e. The molecule has 3 heteroatoms. The Morgan fingerprint density at radius 2 is 2.05 bits per heavy atom. The third-order valence-corrected chi connectivity index (χ3v) is 4.80. The average molecular weight is 264 g/mol. The fourth-order valence-electron chi connectivity index (χ4n) is 3.36. The molecular formula is C16H28N2O. The van der Waals surface area contributed by atoms with E-state index in [1.54, 1.807) is 6.26 Å². The molecule has 19 heavy (non-hydrogen) atoms. The van der Waals surface area contributed by atoms with E-state index >= 15 is 0 Å². The largest absolute Gasteiger partial charge is 0.469 e. The maximum absolute atomic E-state index is 6.04. The molecule has 0 amide bonds. The van der Waals surface area contributed by atoms with E-state index in [-0.39, 0.29) is 0 Å². The van der Waals surface area contributed by atoms with Crippen LogP contribution in [0.3, 0.4) is 0 Å². The standard InChI is InChI=1S/C16H28N2O/c1-12-4-6-14(7-5-12)16(10-17)18(3)11-15-8-9-19-13(15)2/h8-9,12,14,16H,4-7,10-11,17H2,1-3H3. The van der Waals surface area contributed by atoms with Gasteiger partial charge in [-0.1, -0.05) is 19.8 Å². The van der Waals surface area contributed by atoms with Gasteiger partial charge in [-0.05, 0) is 44.7 Å². The van der Waals surface area contributed by atoms with Crippen LogP contribution in [0.5, 0.6) is 0 Å². The van der Waals surface area contributed by atoms with E-state index in [9.17, 15) is 0 Å². The number of hydrogen-bond donors (Lipinski definition) is 1. The van der Waals surface area contributed by atoms with Crippen molar-refractivity contribution in [2.45, 2.75) is 52.1 Å². The highest BCUT2D eigenvalue weighted by Gasteiger charge is 2.28. The predicted octanol–water partition coefficient (Wildman–Crippen LogP) is 3.17. The molecule has 1 aromatic rings. The second kappa shape index (κ2) is 6.58. The number of nitrogens with zero attached hydrogens (tertiary/aromatic N) is 1. The molecule has 108 valence electrons. The van der Waals surface area contributed by atoms with E-state index in [2.05, 4.69) is 24.9 Å². The zero-order chi connectivity index (χ0) is 13.8. The highest BCUT2D eigenvalue weighted by Crippen LogP contribution is 2.32. The molecule has 2 N–H and O–H groups in total. The van der Waals surface area contributed by atoms with Gasteiger partial charge < -0.3 is 10.2 Å². The maximum atomic E-state index is 6.04. The van der Waals surface area contributed by atoms with Gasteiger partial charge in [-0.15, -0.1) is 0 Å². The van der Waals surface area contributed by atoms with E-state index in [1.165, 1.54) is 31.2 Å². The van der Waals surface area contributed by atoms with Gasteiger partial charge in [0, 0.05) is 24.7 Å².